The van der Waals surface area contributed by atoms with Crippen LogP contribution >= 0.6 is 0 Å². The van der Waals surface area contributed by atoms with E-state index in [4.69, 9.17) is 0 Å². The largest absolute Gasteiger partial charge is 0.501 e. The maximum atomic E-state index is 12.3. The van der Waals surface area contributed by atoms with Gasteiger partial charge in [0.05, 0.1) is 11.1 Å². The number of sulfone groups is 1. The molecule has 18 heavy (non-hydrogen) atoms. The second kappa shape index (κ2) is 4.52. The Labute approximate surface area is 102 Å². The molecule has 8 heteroatoms. The first-order valence-corrected chi connectivity index (χ1v) is 6.69. The zero-order valence-corrected chi connectivity index (χ0v) is 9.98. The van der Waals surface area contributed by atoms with Crippen LogP contribution in [0, 0.1) is 0 Å². The molecule has 1 aromatic rings. The molecule has 0 bridgehead atoms. The van der Waals surface area contributed by atoms with Crippen molar-refractivity contribution in [2.75, 3.05) is 13.1 Å². The number of halogens is 3. The summed E-state index contributed by atoms with van der Waals surface area (Å²) in [5.74, 6) is 0. The van der Waals surface area contributed by atoms with Gasteiger partial charge in [0.25, 0.3) is 9.84 Å². The molecule has 0 unspecified atom stereocenters. The highest BCUT2D eigenvalue weighted by atomic mass is 32.2. The van der Waals surface area contributed by atoms with Crippen LogP contribution in [0.15, 0.2) is 29.2 Å². The van der Waals surface area contributed by atoms with Crippen molar-refractivity contribution in [1.82, 2.24) is 10.6 Å². The quantitative estimate of drug-likeness (QED) is 0.854. The van der Waals surface area contributed by atoms with Crippen molar-refractivity contribution in [3.8, 4) is 0 Å². The second-order valence-electron chi connectivity index (χ2n) is 3.86. The average Bonchev–Trinajstić information content (AvgIpc) is 2.81. The van der Waals surface area contributed by atoms with Gasteiger partial charge in [-0.1, -0.05) is 12.1 Å². The smallest absolute Gasteiger partial charge is 0.297 e. The van der Waals surface area contributed by atoms with E-state index in [9.17, 15) is 21.6 Å². The van der Waals surface area contributed by atoms with Crippen LogP contribution in [0.2, 0.25) is 0 Å². The fraction of sp³-hybridized carbons (Fsp3) is 0.400. The third-order valence-electron chi connectivity index (χ3n) is 2.65. The fourth-order valence-electron chi connectivity index (χ4n) is 1.71. The van der Waals surface area contributed by atoms with Crippen molar-refractivity contribution in [2.24, 2.45) is 0 Å². The van der Waals surface area contributed by atoms with Crippen LogP contribution < -0.4 is 10.6 Å². The predicted molar refractivity (Wildman–Crippen MR) is 58.4 cm³/mol. The SMILES string of the molecule is O=S(=O)(c1ccc(C2NCCN2)cc1)C(F)(F)F. The molecule has 0 aliphatic carbocycles. The Kier molecular flexibility index (Phi) is 3.35. The molecule has 1 fully saturated rings. The summed E-state index contributed by atoms with van der Waals surface area (Å²) in [6.45, 7) is 1.51. The molecule has 1 heterocycles. The monoisotopic (exact) mass is 280 g/mol. The van der Waals surface area contributed by atoms with Crippen molar-refractivity contribution in [3.05, 3.63) is 29.8 Å². The minimum atomic E-state index is -5.27. The van der Waals surface area contributed by atoms with Gasteiger partial charge < -0.3 is 0 Å². The number of rotatable bonds is 2. The highest BCUT2D eigenvalue weighted by molar-refractivity contribution is 7.92. The molecule has 0 radical (unpaired) electrons. The normalized spacial score (nSPS) is 18.2. The molecular formula is C10H11F3N2O2S. The standard InChI is InChI=1S/C10H11F3N2O2S/c11-10(12,13)18(16,17)8-3-1-7(2-4-8)9-14-5-6-15-9/h1-4,9,14-15H,5-6H2. The van der Waals surface area contributed by atoms with Crippen LogP contribution in [0.3, 0.4) is 0 Å². The minimum Gasteiger partial charge on any atom is -0.297 e. The van der Waals surface area contributed by atoms with Crippen molar-refractivity contribution in [1.29, 1.82) is 0 Å². The molecule has 0 aromatic heterocycles. The van der Waals surface area contributed by atoms with Crippen molar-refractivity contribution in [2.45, 2.75) is 16.6 Å². The summed E-state index contributed by atoms with van der Waals surface area (Å²) in [5, 5.41) is 6.16. The van der Waals surface area contributed by atoms with Gasteiger partial charge in [0.1, 0.15) is 0 Å². The summed E-state index contributed by atoms with van der Waals surface area (Å²) >= 11 is 0. The van der Waals surface area contributed by atoms with Crippen molar-refractivity contribution >= 4 is 9.84 Å². The van der Waals surface area contributed by atoms with Gasteiger partial charge in [0.15, 0.2) is 0 Å². The molecule has 0 atom stereocenters. The molecule has 1 aromatic carbocycles. The maximum Gasteiger partial charge on any atom is 0.501 e. The number of alkyl halides is 3. The first kappa shape index (κ1) is 13.3. The van der Waals surface area contributed by atoms with E-state index < -0.39 is 20.2 Å². The minimum absolute atomic E-state index is 0.146. The van der Waals surface area contributed by atoms with Gasteiger partial charge in [-0.25, -0.2) is 8.42 Å². The van der Waals surface area contributed by atoms with E-state index in [1.54, 1.807) is 0 Å². The summed E-state index contributed by atoms with van der Waals surface area (Å²) < 4.78 is 59.2. The topological polar surface area (TPSA) is 58.2 Å². The molecule has 100 valence electrons. The molecule has 2 rings (SSSR count). The van der Waals surface area contributed by atoms with E-state index in [1.807, 2.05) is 0 Å². The van der Waals surface area contributed by atoms with Crippen LogP contribution in [-0.4, -0.2) is 27.0 Å². The lowest BCUT2D eigenvalue weighted by Crippen LogP contribution is -2.24. The van der Waals surface area contributed by atoms with Crippen LogP contribution in [0.1, 0.15) is 11.7 Å². The fourth-order valence-corrected chi connectivity index (χ4v) is 2.48. The van der Waals surface area contributed by atoms with Crippen molar-refractivity contribution in [3.63, 3.8) is 0 Å². The van der Waals surface area contributed by atoms with Gasteiger partial charge in [-0.3, -0.25) is 10.6 Å². The van der Waals surface area contributed by atoms with Crippen LogP contribution in [0.25, 0.3) is 0 Å². The zero-order chi connectivity index (χ0) is 13.4. The number of hydrogen-bond acceptors (Lipinski definition) is 4. The van der Waals surface area contributed by atoms with E-state index in [0.29, 0.717) is 5.56 Å². The Morgan fingerprint density at radius 1 is 1.06 bits per heavy atom. The molecule has 0 spiro atoms. The molecule has 1 aliphatic rings. The number of hydrogen-bond donors (Lipinski definition) is 2. The Morgan fingerprint density at radius 3 is 2.00 bits per heavy atom. The highest BCUT2D eigenvalue weighted by Gasteiger charge is 2.46. The van der Waals surface area contributed by atoms with Crippen LogP contribution in [0.4, 0.5) is 13.2 Å². The predicted octanol–water partition coefficient (Wildman–Crippen LogP) is 1.17. The Hall–Kier alpha value is -1.12. The first-order chi connectivity index (χ1) is 8.32. The highest BCUT2D eigenvalue weighted by Crippen LogP contribution is 2.30. The lowest BCUT2D eigenvalue weighted by atomic mass is 10.2. The van der Waals surface area contributed by atoms with E-state index in [2.05, 4.69) is 10.6 Å². The Morgan fingerprint density at radius 2 is 1.56 bits per heavy atom. The van der Waals surface area contributed by atoms with Gasteiger partial charge in [-0.2, -0.15) is 13.2 Å². The van der Waals surface area contributed by atoms with Gasteiger partial charge in [-0.15, -0.1) is 0 Å². The molecule has 2 N–H and O–H groups in total. The molecular weight excluding hydrogens is 269 g/mol. The van der Waals surface area contributed by atoms with Crippen molar-refractivity contribution < 1.29 is 21.6 Å². The number of nitrogens with one attached hydrogen (secondary N) is 2. The lowest BCUT2D eigenvalue weighted by molar-refractivity contribution is -0.0436. The second-order valence-corrected chi connectivity index (χ2v) is 5.80. The van der Waals surface area contributed by atoms with Gasteiger partial charge >= 0.3 is 5.51 Å². The third kappa shape index (κ3) is 2.36. The average molecular weight is 280 g/mol. The summed E-state index contributed by atoms with van der Waals surface area (Å²) in [4.78, 5) is -0.739. The number of benzene rings is 1. The summed E-state index contributed by atoms with van der Waals surface area (Å²) in [5.41, 5.74) is -4.56. The summed E-state index contributed by atoms with van der Waals surface area (Å²) in [7, 11) is -5.26. The van der Waals surface area contributed by atoms with E-state index in [0.717, 1.165) is 25.2 Å². The lowest BCUT2D eigenvalue weighted by Gasteiger charge is -2.12. The first-order valence-electron chi connectivity index (χ1n) is 5.20. The Balaban J connectivity index is 2.28. The van der Waals surface area contributed by atoms with Gasteiger partial charge in [-0.05, 0) is 17.7 Å². The molecule has 0 amide bonds. The third-order valence-corrected chi connectivity index (χ3v) is 4.15. The van der Waals surface area contributed by atoms with Gasteiger partial charge in [0.2, 0.25) is 0 Å². The Bertz CT molecular complexity index is 519. The molecule has 0 saturated carbocycles. The van der Waals surface area contributed by atoms with Gasteiger partial charge in [0, 0.05) is 13.1 Å². The van der Waals surface area contributed by atoms with Crippen LogP contribution in [-0.2, 0) is 9.84 Å². The van der Waals surface area contributed by atoms with Crippen LogP contribution in [0.5, 0.6) is 0 Å². The van der Waals surface area contributed by atoms with E-state index in [1.165, 1.54) is 12.1 Å². The molecule has 4 nitrogen and oxygen atoms in total. The summed E-state index contributed by atoms with van der Waals surface area (Å²) in [6, 6.07) is 4.68. The molecule has 1 saturated heterocycles. The zero-order valence-electron chi connectivity index (χ0n) is 9.16. The van der Waals surface area contributed by atoms with E-state index in [-0.39, 0.29) is 6.17 Å². The molecule has 1 aliphatic heterocycles. The summed E-state index contributed by atoms with van der Waals surface area (Å²) in [6.07, 6.45) is -0.146. The van der Waals surface area contributed by atoms with E-state index >= 15 is 0 Å². The maximum absolute atomic E-state index is 12.3.